The highest BCUT2D eigenvalue weighted by atomic mass is 16.5. The number of carboxylic acids is 1. The van der Waals surface area contributed by atoms with Gasteiger partial charge in [-0.3, -0.25) is 9.69 Å². The minimum atomic E-state index is -0.659. The van der Waals surface area contributed by atoms with Gasteiger partial charge in [0.1, 0.15) is 0 Å². The average Bonchev–Trinajstić information content (AvgIpc) is 2.83. The zero-order chi connectivity index (χ0) is 10.9. The van der Waals surface area contributed by atoms with Crippen molar-refractivity contribution >= 4 is 5.97 Å². The highest BCUT2D eigenvalue weighted by Crippen LogP contribution is 2.49. The third-order valence-electron chi connectivity index (χ3n) is 3.37. The minimum absolute atomic E-state index is 0.0862. The Bertz CT molecular complexity index is 250. The van der Waals surface area contributed by atoms with Crippen LogP contribution in [0.1, 0.15) is 26.2 Å². The predicted octanol–water partition coefficient (Wildman–Crippen LogP) is 0.962. The molecule has 2 rings (SSSR count). The maximum atomic E-state index is 10.7. The van der Waals surface area contributed by atoms with E-state index < -0.39 is 5.97 Å². The monoisotopic (exact) mass is 213 g/mol. The van der Waals surface area contributed by atoms with Gasteiger partial charge < -0.3 is 9.84 Å². The second-order valence-electron chi connectivity index (χ2n) is 4.99. The number of carboxylic acid groups (broad SMARTS) is 1. The van der Waals surface area contributed by atoms with E-state index in [0.717, 1.165) is 39.1 Å². The zero-order valence-corrected chi connectivity index (χ0v) is 9.24. The van der Waals surface area contributed by atoms with Crippen molar-refractivity contribution in [2.45, 2.75) is 32.3 Å². The SMILES string of the molecule is C[C@H]1CN(CC2(CC(=O)O)CC2)CCO1. The Morgan fingerprint density at radius 1 is 1.60 bits per heavy atom. The molecular weight excluding hydrogens is 194 g/mol. The van der Waals surface area contributed by atoms with E-state index in [1.807, 2.05) is 0 Å². The number of nitrogens with zero attached hydrogens (tertiary/aromatic N) is 1. The molecule has 1 atom stereocenters. The largest absolute Gasteiger partial charge is 0.481 e. The van der Waals surface area contributed by atoms with Gasteiger partial charge in [0.15, 0.2) is 0 Å². The molecule has 0 aromatic carbocycles. The summed E-state index contributed by atoms with van der Waals surface area (Å²) >= 11 is 0. The molecular formula is C11H19NO3. The van der Waals surface area contributed by atoms with Gasteiger partial charge in [-0.15, -0.1) is 0 Å². The summed E-state index contributed by atoms with van der Waals surface area (Å²) in [6.45, 7) is 5.69. The molecule has 0 bridgehead atoms. The van der Waals surface area contributed by atoms with Crippen LogP contribution in [0.15, 0.2) is 0 Å². The van der Waals surface area contributed by atoms with Crippen molar-refractivity contribution in [3.63, 3.8) is 0 Å². The highest BCUT2D eigenvalue weighted by Gasteiger charge is 2.45. The second kappa shape index (κ2) is 4.10. The van der Waals surface area contributed by atoms with Gasteiger partial charge >= 0.3 is 5.97 Å². The lowest BCUT2D eigenvalue weighted by Crippen LogP contribution is -2.44. The van der Waals surface area contributed by atoms with Gasteiger partial charge in [0.25, 0.3) is 0 Å². The molecule has 1 aliphatic carbocycles. The maximum Gasteiger partial charge on any atom is 0.303 e. The van der Waals surface area contributed by atoms with Gasteiger partial charge in [-0.25, -0.2) is 0 Å². The number of carbonyl (C=O) groups is 1. The van der Waals surface area contributed by atoms with E-state index in [4.69, 9.17) is 9.84 Å². The summed E-state index contributed by atoms with van der Waals surface area (Å²) in [5.74, 6) is -0.659. The van der Waals surface area contributed by atoms with Crippen molar-refractivity contribution in [1.29, 1.82) is 0 Å². The Kier molecular flexibility index (Phi) is 2.98. The fraction of sp³-hybridized carbons (Fsp3) is 0.909. The van der Waals surface area contributed by atoms with Crippen LogP contribution in [0.4, 0.5) is 0 Å². The first kappa shape index (κ1) is 10.9. The predicted molar refractivity (Wildman–Crippen MR) is 55.8 cm³/mol. The highest BCUT2D eigenvalue weighted by molar-refractivity contribution is 5.68. The number of morpholine rings is 1. The molecule has 86 valence electrons. The molecule has 1 heterocycles. The van der Waals surface area contributed by atoms with Crippen LogP contribution >= 0.6 is 0 Å². The lowest BCUT2D eigenvalue weighted by Gasteiger charge is -2.33. The summed E-state index contributed by atoms with van der Waals surface area (Å²) in [6.07, 6.45) is 2.77. The first-order valence-electron chi connectivity index (χ1n) is 5.65. The van der Waals surface area contributed by atoms with Crippen LogP contribution in [0.3, 0.4) is 0 Å². The normalized spacial score (nSPS) is 30.1. The lowest BCUT2D eigenvalue weighted by atomic mass is 10.0. The third kappa shape index (κ3) is 2.92. The summed E-state index contributed by atoms with van der Waals surface area (Å²) in [5, 5.41) is 8.83. The molecule has 4 heteroatoms. The molecule has 4 nitrogen and oxygen atoms in total. The van der Waals surface area contributed by atoms with Gasteiger partial charge in [-0.2, -0.15) is 0 Å². The smallest absolute Gasteiger partial charge is 0.303 e. The first-order valence-corrected chi connectivity index (χ1v) is 5.65. The number of rotatable bonds is 4. The molecule has 1 saturated heterocycles. The van der Waals surface area contributed by atoms with Crippen molar-refractivity contribution in [3.05, 3.63) is 0 Å². The van der Waals surface area contributed by atoms with Crippen LogP contribution < -0.4 is 0 Å². The lowest BCUT2D eigenvalue weighted by molar-refractivity contribution is -0.138. The molecule has 0 spiro atoms. The van der Waals surface area contributed by atoms with E-state index in [1.54, 1.807) is 0 Å². The molecule has 1 N–H and O–H groups in total. The van der Waals surface area contributed by atoms with Crippen LogP contribution in [0.5, 0.6) is 0 Å². The Morgan fingerprint density at radius 3 is 2.87 bits per heavy atom. The average molecular weight is 213 g/mol. The molecule has 0 radical (unpaired) electrons. The van der Waals surface area contributed by atoms with Gasteiger partial charge in [-0.1, -0.05) is 0 Å². The van der Waals surface area contributed by atoms with Crippen molar-refractivity contribution in [3.8, 4) is 0 Å². The van der Waals surface area contributed by atoms with Crippen LogP contribution in [0.25, 0.3) is 0 Å². The van der Waals surface area contributed by atoms with E-state index in [1.165, 1.54) is 0 Å². The van der Waals surface area contributed by atoms with Crippen LogP contribution in [-0.4, -0.2) is 48.3 Å². The number of ether oxygens (including phenoxy) is 1. The van der Waals surface area contributed by atoms with Gasteiger partial charge in [0, 0.05) is 19.6 Å². The molecule has 1 aliphatic heterocycles. The topological polar surface area (TPSA) is 49.8 Å². The molecule has 1 saturated carbocycles. The fourth-order valence-corrected chi connectivity index (χ4v) is 2.40. The quantitative estimate of drug-likeness (QED) is 0.755. The Hall–Kier alpha value is -0.610. The second-order valence-corrected chi connectivity index (χ2v) is 4.99. The van der Waals surface area contributed by atoms with Crippen LogP contribution in [0.2, 0.25) is 0 Å². The molecule has 15 heavy (non-hydrogen) atoms. The minimum Gasteiger partial charge on any atom is -0.481 e. The van der Waals surface area contributed by atoms with Crippen molar-refractivity contribution < 1.29 is 14.6 Å². The summed E-state index contributed by atoms with van der Waals surface area (Å²) < 4.78 is 5.47. The van der Waals surface area contributed by atoms with E-state index in [9.17, 15) is 4.79 Å². The van der Waals surface area contributed by atoms with Crippen LogP contribution in [-0.2, 0) is 9.53 Å². The fourth-order valence-electron chi connectivity index (χ4n) is 2.40. The molecule has 2 fully saturated rings. The number of aliphatic carboxylic acids is 1. The van der Waals surface area contributed by atoms with E-state index in [2.05, 4.69) is 11.8 Å². The molecule has 0 unspecified atom stereocenters. The van der Waals surface area contributed by atoms with E-state index in [0.29, 0.717) is 12.5 Å². The van der Waals surface area contributed by atoms with Crippen LogP contribution in [0, 0.1) is 5.41 Å². The third-order valence-corrected chi connectivity index (χ3v) is 3.37. The van der Waals surface area contributed by atoms with Crippen molar-refractivity contribution in [2.24, 2.45) is 5.41 Å². The van der Waals surface area contributed by atoms with E-state index >= 15 is 0 Å². The first-order chi connectivity index (χ1) is 7.10. The van der Waals surface area contributed by atoms with Gasteiger partial charge in [-0.05, 0) is 25.2 Å². The van der Waals surface area contributed by atoms with Gasteiger partial charge in [0.05, 0.1) is 19.1 Å². The Morgan fingerprint density at radius 2 is 2.33 bits per heavy atom. The van der Waals surface area contributed by atoms with E-state index in [-0.39, 0.29) is 5.41 Å². The summed E-state index contributed by atoms with van der Waals surface area (Å²) in [7, 11) is 0. The molecule has 0 amide bonds. The number of hydrogen-bond acceptors (Lipinski definition) is 3. The molecule has 0 aromatic heterocycles. The van der Waals surface area contributed by atoms with Gasteiger partial charge in [0.2, 0.25) is 0 Å². The summed E-state index contributed by atoms with van der Waals surface area (Å²) in [5.41, 5.74) is 0.0862. The summed E-state index contributed by atoms with van der Waals surface area (Å²) in [4.78, 5) is 13.1. The Balaban J connectivity index is 1.83. The standard InChI is InChI=1S/C11H19NO3/c1-9-7-12(4-5-15-9)8-11(2-3-11)6-10(13)14/h9H,2-8H2,1H3,(H,13,14)/t9-/m0/s1. The Labute approximate surface area is 90.2 Å². The van der Waals surface area contributed by atoms with Crippen molar-refractivity contribution in [1.82, 2.24) is 4.90 Å². The summed E-state index contributed by atoms with van der Waals surface area (Å²) in [6, 6.07) is 0. The molecule has 2 aliphatic rings. The maximum absolute atomic E-state index is 10.7. The molecule has 0 aromatic rings. The van der Waals surface area contributed by atoms with Crippen molar-refractivity contribution in [2.75, 3.05) is 26.2 Å². The zero-order valence-electron chi connectivity index (χ0n) is 9.24. The number of hydrogen-bond donors (Lipinski definition) is 1.